The molecule has 1 heterocycles. The molecule has 72 valence electrons. The van der Waals surface area contributed by atoms with E-state index in [0.717, 1.165) is 0 Å². The number of rotatable bonds is 3. The lowest BCUT2D eigenvalue weighted by molar-refractivity contribution is -0.199. The molecule has 6 nitrogen and oxygen atoms in total. The Hall–Kier alpha value is -1.43. The molecular formula is C7H9NO5. The lowest BCUT2D eigenvalue weighted by atomic mass is 10.4. The summed E-state index contributed by atoms with van der Waals surface area (Å²) in [5.41, 5.74) is 0. The number of hydrogen-bond acceptors (Lipinski definition) is 5. The molecule has 0 atom stereocenters. The first-order chi connectivity index (χ1) is 6.15. The van der Waals surface area contributed by atoms with Crippen LogP contribution in [0.1, 0.15) is 12.8 Å². The second kappa shape index (κ2) is 3.99. The molecule has 13 heavy (non-hydrogen) atoms. The van der Waals surface area contributed by atoms with Gasteiger partial charge in [0.1, 0.15) is 6.61 Å². The smallest absolute Gasteiger partial charge is 0.358 e. The third kappa shape index (κ3) is 2.25. The van der Waals surface area contributed by atoms with E-state index in [0.29, 0.717) is 5.06 Å². The summed E-state index contributed by atoms with van der Waals surface area (Å²) < 4.78 is 4.46. The van der Waals surface area contributed by atoms with Crippen LogP contribution in [0.15, 0.2) is 0 Å². The molecule has 6 heteroatoms. The largest absolute Gasteiger partial charge is 0.373 e. The van der Waals surface area contributed by atoms with E-state index in [1.54, 1.807) is 0 Å². The first kappa shape index (κ1) is 9.66. The first-order valence-electron chi connectivity index (χ1n) is 3.70. The van der Waals surface area contributed by atoms with Crippen LogP contribution in [-0.4, -0.2) is 36.6 Å². The predicted octanol–water partition coefficient (Wildman–Crippen LogP) is -0.760. The Labute approximate surface area is 74.3 Å². The van der Waals surface area contributed by atoms with E-state index in [1.165, 1.54) is 7.11 Å². The van der Waals surface area contributed by atoms with Crippen LogP contribution >= 0.6 is 0 Å². The maximum Gasteiger partial charge on any atom is 0.358 e. The van der Waals surface area contributed by atoms with Crippen molar-refractivity contribution in [1.82, 2.24) is 5.06 Å². The zero-order valence-electron chi connectivity index (χ0n) is 7.11. The van der Waals surface area contributed by atoms with Gasteiger partial charge >= 0.3 is 5.97 Å². The number of nitrogens with zero attached hydrogens (tertiary/aromatic N) is 1. The van der Waals surface area contributed by atoms with Crippen LogP contribution in [0.4, 0.5) is 0 Å². The third-order valence-electron chi connectivity index (χ3n) is 1.46. The molecule has 0 radical (unpaired) electrons. The highest BCUT2D eigenvalue weighted by Crippen LogP contribution is 2.11. The highest BCUT2D eigenvalue weighted by Gasteiger charge is 2.32. The van der Waals surface area contributed by atoms with E-state index >= 15 is 0 Å². The van der Waals surface area contributed by atoms with E-state index in [9.17, 15) is 14.4 Å². The molecule has 1 rings (SSSR count). The van der Waals surface area contributed by atoms with Crippen LogP contribution in [0.25, 0.3) is 0 Å². The fourth-order valence-electron chi connectivity index (χ4n) is 0.904. The van der Waals surface area contributed by atoms with Crippen LogP contribution in [0.2, 0.25) is 0 Å². The van der Waals surface area contributed by atoms with E-state index in [-0.39, 0.29) is 19.4 Å². The van der Waals surface area contributed by atoms with Crippen molar-refractivity contribution in [2.75, 3.05) is 13.7 Å². The van der Waals surface area contributed by atoms with Crippen LogP contribution < -0.4 is 0 Å². The lowest BCUT2D eigenvalue weighted by Gasteiger charge is -2.11. The maximum atomic E-state index is 10.9. The summed E-state index contributed by atoms with van der Waals surface area (Å²) in [5, 5.41) is 0.487. The van der Waals surface area contributed by atoms with E-state index in [4.69, 9.17) is 0 Å². The summed E-state index contributed by atoms with van der Waals surface area (Å²) in [5.74, 6) is -1.74. The quantitative estimate of drug-likeness (QED) is 0.543. The predicted molar refractivity (Wildman–Crippen MR) is 39.1 cm³/mol. The van der Waals surface area contributed by atoms with Crippen LogP contribution in [-0.2, 0) is 24.0 Å². The van der Waals surface area contributed by atoms with Crippen molar-refractivity contribution >= 4 is 17.8 Å². The van der Waals surface area contributed by atoms with Gasteiger partial charge < -0.3 is 9.57 Å². The zero-order chi connectivity index (χ0) is 9.84. The molecule has 1 saturated heterocycles. The van der Waals surface area contributed by atoms with Gasteiger partial charge in [0.05, 0.1) is 0 Å². The number of methoxy groups -OCH3 is 1. The monoisotopic (exact) mass is 187 g/mol. The molecule has 1 aliphatic rings. The van der Waals surface area contributed by atoms with E-state index in [1.807, 2.05) is 0 Å². The van der Waals surface area contributed by atoms with Crippen molar-refractivity contribution in [2.45, 2.75) is 12.8 Å². The molecule has 1 aliphatic heterocycles. The lowest BCUT2D eigenvalue weighted by Crippen LogP contribution is -2.33. The zero-order valence-corrected chi connectivity index (χ0v) is 7.11. The first-order valence-corrected chi connectivity index (χ1v) is 3.70. The van der Waals surface area contributed by atoms with Crippen LogP contribution in [0.3, 0.4) is 0 Å². The maximum absolute atomic E-state index is 10.9. The minimum atomic E-state index is -0.758. The van der Waals surface area contributed by atoms with Crippen molar-refractivity contribution in [3.05, 3.63) is 0 Å². The average molecular weight is 187 g/mol. The molecule has 0 bridgehead atoms. The van der Waals surface area contributed by atoms with Gasteiger partial charge in [-0.05, 0) is 0 Å². The molecule has 1 fully saturated rings. The minimum Gasteiger partial charge on any atom is -0.373 e. The second-order valence-electron chi connectivity index (χ2n) is 2.48. The SMILES string of the molecule is COCC(=O)ON1C(=O)CCC1=O. The van der Waals surface area contributed by atoms with Crippen molar-refractivity contribution in [3.8, 4) is 0 Å². The van der Waals surface area contributed by atoms with Gasteiger partial charge in [-0.15, -0.1) is 5.06 Å². The molecule has 0 unspecified atom stereocenters. The van der Waals surface area contributed by atoms with E-state index in [2.05, 4.69) is 9.57 Å². The van der Waals surface area contributed by atoms with Gasteiger partial charge in [-0.3, -0.25) is 9.59 Å². The van der Waals surface area contributed by atoms with Gasteiger partial charge in [0.25, 0.3) is 11.8 Å². The number of hydrogen-bond donors (Lipinski definition) is 0. The van der Waals surface area contributed by atoms with Gasteiger partial charge in [0.15, 0.2) is 0 Å². The molecule has 2 amide bonds. The topological polar surface area (TPSA) is 72.9 Å². The average Bonchev–Trinajstić information content (AvgIpc) is 2.36. The number of carbonyl (C=O) groups is 3. The van der Waals surface area contributed by atoms with Gasteiger partial charge in [-0.25, -0.2) is 4.79 Å². The van der Waals surface area contributed by atoms with E-state index < -0.39 is 17.8 Å². The number of amides is 2. The fourth-order valence-corrected chi connectivity index (χ4v) is 0.904. The highest BCUT2D eigenvalue weighted by atomic mass is 16.7. The van der Waals surface area contributed by atoms with Gasteiger partial charge in [0.2, 0.25) is 0 Å². The standard InChI is InChI=1S/C7H9NO5/c1-12-4-7(11)13-8-5(9)2-3-6(8)10/h2-4H2,1H3. The summed E-state index contributed by atoms with van der Waals surface area (Å²) in [6.07, 6.45) is 0.193. The molecule has 0 aromatic heterocycles. The van der Waals surface area contributed by atoms with Crippen LogP contribution in [0, 0.1) is 0 Å². The minimum absolute atomic E-state index is 0.0963. The molecule has 0 aromatic carbocycles. The highest BCUT2D eigenvalue weighted by molar-refractivity contribution is 6.01. The van der Waals surface area contributed by atoms with Crippen molar-refractivity contribution in [3.63, 3.8) is 0 Å². The summed E-state index contributed by atoms with van der Waals surface area (Å²) in [6, 6.07) is 0. The molecule has 0 aliphatic carbocycles. The Kier molecular flexibility index (Phi) is 2.97. The number of carbonyl (C=O) groups excluding carboxylic acids is 3. The van der Waals surface area contributed by atoms with Gasteiger partial charge in [-0.2, -0.15) is 0 Å². The summed E-state index contributed by atoms with van der Waals surface area (Å²) in [6.45, 7) is -0.281. The third-order valence-corrected chi connectivity index (χ3v) is 1.46. The molecule has 0 spiro atoms. The van der Waals surface area contributed by atoms with Crippen molar-refractivity contribution < 1.29 is 24.0 Å². The molecule has 0 saturated carbocycles. The Morgan fingerprint density at radius 2 is 1.92 bits per heavy atom. The Bertz CT molecular complexity index is 233. The Morgan fingerprint density at radius 1 is 1.38 bits per heavy atom. The Morgan fingerprint density at radius 3 is 2.38 bits per heavy atom. The number of hydroxylamine groups is 2. The van der Waals surface area contributed by atoms with Gasteiger partial charge in [-0.1, -0.05) is 0 Å². The normalized spacial score (nSPS) is 16.5. The molecular weight excluding hydrogens is 178 g/mol. The van der Waals surface area contributed by atoms with Gasteiger partial charge in [0, 0.05) is 20.0 Å². The molecule has 0 aromatic rings. The van der Waals surface area contributed by atoms with Crippen molar-refractivity contribution in [1.29, 1.82) is 0 Å². The number of imide groups is 1. The van der Waals surface area contributed by atoms with Crippen molar-refractivity contribution in [2.24, 2.45) is 0 Å². The summed E-state index contributed by atoms with van der Waals surface area (Å²) >= 11 is 0. The number of ether oxygens (including phenoxy) is 1. The second-order valence-corrected chi connectivity index (χ2v) is 2.48. The molecule has 0 N–H and O–H groups in total. The summed E-state index contributed by atoms with van der Waals surface area (Å²) in [7, 11) is 1.31. The van der Waals surface area contributed by atoms with Crippen LogP contribution in [0.5, 0.6) is 0 Å². The Balaban J connectivity index is 2.48. The fraction of sp³-hybridized carbons (Fsp3) is 0.571. The summed E-state index contributed by atoms with van der Waals surface area (Å²) in [4.78, 5) is 37.1.